The van der Waals surface area contributed by atoms with Crippen molar-refractivity contribution in [3.63, 3.8) is 0 Å². The standard InChI is InChI=1S/C38H41AsFN7O3/c1-37(2,45-16-18-46(19-17-45)38(3)24-49-25-38)21-27(22-41)36(48)44-14-7-8-26(23-44)35-43-32(33-34(39)42-13-15-47(33)35)30-12-11-29(20-31(30)40)50-28-9-5-4-6-10-28/h4-6,9-13,15,20-21,26H,7-8,14,16-19,23-25H2,1-3H3. The van der Waals surface area contributed by atoms with E-state index in [4.69, 9.17) is 14.5 Å². The number of likely N-dealkylation sites (tertiary alicyclic amines) is 1. The molecule has 0 bridgehead atoms. The number of rotatable bonds is 8. The Bertz CT molecular complexity index is 1960. The predicted octanol–water partition coefficient (Wildman–Crippen LogP) is 4.46. The van der Waals surface area contributed by atoms with Gasteiger partial charge in [-0.15, -0.1) is 0 Å². The predicted molar refractivity (Wildman–Crippen MR) is 189 cm³/mol. The van der Waals surface area contributed by atoms with Crippen LogP contribution in [0.25, 0.3) is 16.8 Å². The van der Waals surface area contributed by atoms with E-state index in [0.717, 1.165) is 58.1 Å². The number of carbonyl (C=O) groups excluding carboxylic acids is 1. The van der Waals surface area contributed by atoms with E-state index in [2.05, 4.69) is 58.5 Å². The molecule has 1 unspecified atom stereocenters. The number of amides is 1. The Kier molecular flexibility index (Phi) is 9.57. The molecule has 0 aliphatic carbocycles. The van der Waals surface area contributed by atoms with Crippen molar-refractivity contribution in [2.45, 2.75) is 50.6 Å². The van der Waals surface area contributed by atoms with Gasteiger partial charge in [-0.25, -0.2) is 0 Å². The molecule has 50 heavy (non-hydrogen) atoms. The molecule has 3 fully saturated rings. The molecule has 3 saturated heterocycles. The summed E-state index contributed by atoms with van der Waals surface area (Å²) in [7, 11) is 0. The normalized spacial score (nSPS) is 20.4. The maximum absolute atomic E-state index is 15.8. The summed E-state index contributed by atoms with van der Waals surface area (Å²) in [6, 6.07) is 16.3. The van der Waals surface area contributed by atoms with Crippen LogP contribution >= 0.6 is 0 Å². The summed E-state index contributed by atoms with van der Waals surface area (Å²) in [5.74, 6) is 0.896. The summed E-state index contributed by atoms with van der Waals surface area (Å²) in [6.45, 7) is 12.4. The van der Waals surface area contributed by atoms with Crippen LogP contribution in [0.15, 0.2) is 72.6 Å². The first-order chi connectivity index (χ1) is 24.1. The number of imidazole rings is 1. The smallest absolute Gasteiger partial charge is 0.377 e. The van der Waals surface area contributed by atoms with Crippen molar-refractivity contribution in [3.8, 4) is 28.8 Å². The van der Waals surface area contributed by atoms with Gasteiger partial charge in [-0.2, -0.15) is 0 Å². The van der Waals surface area contributed by atoms with Crippen molar-refractivity contribution >= 4 is 32.8 Å². The molecule has 0 N–H and O–H groups in total. The molecule has 2 aromatic carbocycles. The van der Waals surface area contributed by atoms with E-state index in [1.165, 1.54) is 6.07 Å². The molecule has 0 spiro atoms. The van der Waals surface area contributed by atoms with Crippen LogP contribution in [0, 0.1) is 17.1 Å². The average Bonchev–Trinajstić information content (AvgIpc) is 3.50. The van der Waals surface area contributed by atoms with Crippen LogP contribution in [0.5, 0.6) is 11.5 Å². The SMILES string of the molecule is CC(C)(C=C(C#N)C(=O)N1CCCC(c2nc(-c3ccc(Oc4ccccc4)cc3F)c3c([As])nccn23)C1)N1CCN(C2(C)COC2)CC1. The Balaban J connectivity index is 1.11. The topological polar surface area (TPSA) is 99.2 Å². The summed E-state index contributed by atoms with van der Waals surface area (Å²) < 4.78 is 29.7. The van der Waals surface area contributed by atoms with Crippen molar-refractivity contribution in [1.82, 2.24) is 29.1 Å². The summed E-state index contributed by atoms with van der Waals surface area (Å²) in [5.41, 5.74) is 1.31. The van der Waals surface area contributed by atoms with Gasteiger partial charge >= 0.3 is 240 Å². The van der Waals surface area contributed by atoms with E-state index in [1.54, 1.807) is 23.2 Å². The fourth-order valence-corrected chi connectivity index (χ4v) is 8.02. The molecule has 0 saturated carbocycles. The summed E-state index contributed by atoms with van der Waals surface area (Å²) >= 11 is 2.45. The maximum atomic E-state index is 15.8. The number of fused-ring (bicyclic) bond motifs is 1. The van der Waals surface area contributed by atoms with Crippen LogP contribution in [-0.2, 0) is 9.53 Å². The number of piperidine rings is 1. The Hall–Kier alpha value is -4.07. The molecule has 3 aliphatic rings. The van der Waals surface area contributed by atoms with Crippen LogP contribution in [0.4, 0.5) is 4.39 Å². The van der Waals surface area contributed by atoms with Gasteiger partial charge < -0.3 is 4.74 Å². The third-order valence-corrected chi connectivity index (χ3v) is 11.0. The van der Waals surface area contributed by atoms with Crippen LogP contribution in [0.3, 0.4) is 0 Å². The summed E-state index contributed by atoms with van der Waals surface area (Å²) in [4.78, 5) is 30.1. The molecule has 2 radical (unpaired) electrons. The van der Waals surface area contributed by atoms with Crippen molar-refractivity contribution in [1.29, 1.82) is 5.26 Å². The van der Waals surface area contributed by atoms with E-state index in [1.807, 2.05) is 47.0 Å². The number of carbonyl (C=O) groups is 1. The molecule has 2 aromatic heterocycles. The first-order valence-electron chi connectivity index (χ1n) is 17.2. The van der Waals surface area contributed by atoms with E-state index in [-0.39, 0.29) is 22.9 Å². The van der Waals surface area contributed by atoms with Crippen LogP contribution in [0.2, 0.25) is 0 Å². The number of halogens is 1. The number of para-hydroxylation sites is 1. The minimum absolute atomic E-state index is 0.107. The molecule has 3 aliphatic heterocycles. The van der Waals surface area contributed by atoms with Crippen LogP contribution in [-0.4, -0.2) is 115 Å². The second-order valence-electron chi connectivity index (χ2n) is 14.2. The van der Waals surface area contributed by atoms with Crippen LogP contribution in [0.1, 0.15) is 45.4 Å². The Labute approximate surface area is 301 Å². The molecule has 7 rings (SSSR count). The van der Waals surface area contributed by atoms with Gasteiger partial charge in [0.15, 0.2) is 0 Å². The quantitative estimate of drug-likeness (QED) is 0.149. The first kappa shape index (κ1) is 34.4. The van der Waals surface area contributed by atoms with Crippen molar-refractivity contribution < 1.29 is 18.7 Å². The van der Waals surface area contributed by atoms with E-state index in [9.17, 15) is 10.1 Å². The second kappa shape index (κ2) is 13.9. The van der Waals surface area contributed by atoms with Gasteiger partial charge in [-0.05, 0) is 6.92 Å². The van der Waals surface area contributed by atoms with Crippen molar-refractivity contribution in [3.05, 3.63) is 84.2 Å². The molecule has 4 aromatic rings. The molecule has 5 heterocycles. The van der Waals surface area contributed by atoms with E-state index < -0.39 is 11.4 Å². The Morgan fingerprint density at radius 3 is 2.56 bits per heavy atom. The van der Waals surface area contributed by atoms with Crippen molar-refractivity contribution in [2.75, 3.05) is 52.5 Å². The third kappa shape index (κ3) is 6.70. The van der Waals surface area contributed by atoms with Gasteiger partial charge in [0.25, 0.3) is 0 Å². The van der Waals surface area contributed by atoms with Crippen molar-refractivity contribution in [2.24, 2.45) is 0 Å². The number of benzene rings is 2. The van der Waals surface area contributed by atoms with E-state index >= 15 is 4.39 Å². The number of nitrogens with zero attached hydrogens (tertiary/aromatic N) is 7. The van der Waals surface area contributed by atoms with Gasteiger partial charge in [0.2, 0.25) is 0 Å². The second-order valence-corrected chi connectivity index (χ2v) is 15.1. The van der Waals surface area contributed by atoms with Gasteiger partial charge in [0.05, 0.1) is 18.8 Å². The minimum Gasteiger partial charge on any atom is -0.377 e. The summed E-state index contributed by atoms with van der Waals surface area (Å²) in [5, 5.41) is 10.2. The molecule has 12 heteroatoms. The number of aromatic nitrogens is 3. The fraction of sp³-hybridized carbons (Fsp3) is 0.421. The zero-order chi connectivity index (χ0) is 35.0. The van der Waals surface area contributed by atoms with E-state index in [0.29, 0.717) is 45.8 Å². The van der Waals surface area contributed by atoms with Gasteiger partial charge in [-0.3, -0.25) is 4.90 Å². The zero-order valence-electron chi connectivity index (χ0n) is 28.7. The Morgan fingerprint density at radius 2 is 1.88 bits per heavy atom. The molecule has 258 valence electrons. The number of ether oxygens (including phenoxy) is 2. The molecule has 1 atom stereocenters. The first-order valence-corrected chi connectivity index (χ1v) is 18.1. The molecular weight excluding hydrogens is 696 g/mol. The fourth-order valence-electron chi connectivity index (χ4n) is 7.43. The monoisotopic (exact) mass is 737 g/mol. The number of nitriles is 1. The molecule has 1 amide bonds. The Morgan fingerprint density at radius 1 is 1.12 bits per heavy atom. The summed E-state index contributed by atoms with van der Waals surface area (Å²) in [6.07, 6.45) is 6.94. The zero-order valence-corrected chi connectivity index (χ0v) is 30.6. The average molecular weight is 738 g/mol. The van der Waals surface area contributed by atoms with Gasteiger partial charge in [-0.1, -0.05) is 0 Å². The third-order valence-electron chi connectivity index (χ3n) is 10.3. The van der Waals surface area contributed by atoms with Gasteiger partial charge in [0.1, 0.15) is 0 Å². The van der Waals surface area contributed by atoms with Gasteiger partial charge in [0, 0.05) is 26.2 Å². The molecule has 10 nitrogen and oxygen atoms in total. The molecular formula is C38H41AsFN7O3. The van der Waals surface area contributed by atoms with Crippen LogP contribution < -0.4 is 9.22 Å². The minimum atomic E-state index is -0.470. The number of hydrogen-bond acceptors (Lipinski definition) is 8. The number of piperazine rings is 1. The number of hydrogen-bond donors (Lipinski definition) is 0.